The van der Waals surface area contributed by atoms with Gasteiger partial charge in [-0.2, -0.15) is 0 Å². The van der Waals surface area contributed by atoms with Crippen LogP contribution in [0.15, 0.2) is 0 Å². The summed E-state index contributed by atoms with van der Waals surface area (Å²) in [5.41, 5.74) is 0. The summed E-state index contributed by atoms with van der Waals surface area (Å²) in [6.45, 7) is 0.602. The van der Waals surface area contributed by atoms with E-state index in [0.717, 1.165) is 0 Å². The van der Waals surface area contributed by atoms with Gasteiger partial charge >= 0.3 is 15.6 Å². The van der Waals surface area contributed by atoms with Gasteiger partial charge in [0.2, 0.25) is 23.6 Å². The Hall–Kier alpha value is -1.98. The zero-order valence-corrected chi connectivity index (χ0v) is 24.0. The number of carbonyl (C=O) groups is 4. The van der Waals surface area contributed by atoms with Crippen molar-refractivity contribution in [1.82, 2.24) is 21.3 Å². The van der Waals surface area contributed by atoms with Gasteiger partial charge in [-0.3, -0.25) is 37.3 Å². The van der Waals surface area contributed by atoms with E-state index in [-0.39, 0.29) is 51.3 Å². The van der Waals surface area contributed by atoms with E-state index in [1.807, 2.05) is 0 Å². The van der Waals surface area contributed by atoms with Crippen molar-refractivity contribution in [2.24, 2.45) is 0 Å². The zero-order valence-electron chi connectivity index (χ0n) is 22.2. The van der Waals surface area contributed by atoms with Crippen LogP contribution in [0.2, 0.25) is 0 Å². The lowest BCUT2D eigenvalue weighted by molar-refractivity contribution is -0.129. The lowest BCUT2D eigenvalue weighted by Crippen LogP contribution is -2.40. The van der Waals surface area contributed by atoms with Gasteiger partial charge in [-0.15, -0.1) is 0 Å². The number of hydrogen-bond donors (Lipinski definition) is 6. The molecule has 0 saturated heterocycles. The predicted molar refractivity (Wildman–Crippen MR) is 133 cm³/mol. The second-order valence-electron chi connectivity index (χ2n) is 7.78. The first-order valence-electron chi connectivity index (χ1n) is 11.5. The summed E-state index contributed by atoms with van der Waals surface area (Å²) in [5, 5.41) is 9.54. The van der Waals surface area contributed by atoms with Gasteiger partial charge in [0.1, 0.15) is 6.42 Å². The number of rotatable bonds is 22. The molecule has 0 fully saturated rings. The van der Waals surface area contributed by atoms with Gasteiger partial charge in [-0.25, -0.2) is 9.13 Å². The average molecular weight is 608 g/mol. The summed E-state index contributed by atoms with van der Waals surface area (Å²) in [5.74, 6) is -2.23. The molecule has 0 aromatic heterocycles. The maximum Gasteiger partial charge on any atom is 0.472 e. The van der Waals surface area contributed by atoms with Gasteiger partial charge in [-0.05, 0) is 0 Å². The minimum atomic E-state index is -4.48. The number of hydrogen-bond acceptors (Lipinski definition) is 12. The van der Waals surface area contributed by atoms with Crippen LogP contribution in [0.5, 0.6) is 0 Å². The van der Waals surface area contributed by atoms with E-state index in [0.29, 0.717) is 0 Å². The molecule has 0 aromatic carbocycles. The number of phosphoric ester groups is 2. The Labute approximate surface area is 226 Å². The summed E-state index contributed by atoms with van der Waals surface area (Å²) in [7, 11) is -6.21. The van der Waals surface area contributed by atoms with Gasteiger partial charge in [0.25, 0.3) is 0 Å². The number of amides is 4. The third-order valence-electron chi connectivity index (χ3n) is 4.11. The largest absolute Gasteiger partial charge is 0.472 e. The Kier molecular flexibility index (Phi) is 19.0. The normalized spacial score (nSPS) is 15.7. The highest BCUT2D eigenvalue weighted by atomic mass is 31.2. The van der Waals surface area contributed by atoms with Crippen molar-refractivity contribution in [2.75, 3.05) is 67.0 Å². The van der Waals surface area contributed by atoms with Crippen LogP contribution in [0, 0.1) is 0 Å². The first kappa shape index (κ1) is 37.0. The van der Waals surface area contributed by atoms with Crippen molar-refractivity contribution in [1.29, 1.82) is 0 Å². The summed E-state index contributed by atoms with van der Waals surface area (Å²) in [4.78, 5) is 65.2. The third-order valence-corrected chi connectivity index (χ3v) is 6.08. The van der Waals surface area contributed by atoms with Crippen LogP contribution < -0.4 is 21.3 Å². The minimum absolute atomic E-state index is 0.0339. The van der Waals surface area contributed by atoms with Crippen molar-refractivity contribution in [3.05, 3.63) is 0 Å². The first-order valence-corrected chi connectivity index (χ1v) is 14.5. The number of ether oxygens (including phenoxy) is 2. The fourth-order valence-electron chi connectivity index (χ4n) is 2.66. The van der Waals surface area contributed by atoms with E-state index in [1.165, 1.54) is 28.1 Å². The van der Waals surface area contributed by atoms with Crippen molar-refractivity contribution in [2.45, 2.75) is 32.4 Å². The molecule has 0 aliphatic heterocycles. The molecular weight excluding hydrogens is 570 g/mol. The van der Waals surface area contributed by atoms with E-state index in [1.54, 1.807) is 0 Å². The summed E-state index contributed by atoms with van der Waals surface area (Å²) < 4.78 is 52.5. The molecule has 6 N–H and O–H groups in total. The van der Waals surface area contributed by atoms with E-state index >= 15 is 0 Å². The molecule has 0 rings (SSSR count). The maximum atomic E-state index is 11.9. The van der Waals surface area contributed by atoms with Crippen molar-refractivity contribution < 1.29 is 65.7 Å². The summed E-state index contributed by atoms with van der Waals surface area (Å²) >= 11 is 0. The molecule has 0 saturated carbocycles. The second-order valence-corrected chi connectivity index (χ2v) is 10.7. The highest BCUT2D eigenvalue weighted by molar-refractivity contribution is 7.47. The molecule has 4 atom stereocenters. The van der Waals surface area contributed by atoms with Crippen LogP contribution in [0.3, 0.4) is 0 Å². The lowest BCUT2D eigenvalue weighted by Gasteiger charge is -2.19. The quantitative estimate of drug-likeness (QED) is 0.0450. The molecule has 2 unspecified atom stereocenters. The van der Waals surface area contributed by atoms with Crippen molar-refractivity contribution in [3.8, 4) is 0 Å². The van der Waals surface area contributed by atoms with Crippen LogP contribution >= 0.6 is 15.6 Å². The van der Waals surface area contributed by atoms with Gasteiger partial charge in [0.05, 0.1) is 51.7 Å². The Morgan fingerprint density at radius 3 is 1.33 bits per heavy atom. The van der Waals surface area contributed by atoms with Gasteiger partial charge in [0, 0.05) is 41.2 Å². The zero-order chi connectivity index (χ0) is 29.9. The van der Waals surface area contributed by atoms with E-state index < -0.39 is 59.2 Å². The fraction of sp³-hybridized carbons (Fsp3) is 0.789. The summed E-state index contributed by atoms with van der Waals surface area (Å²) in [6.07, 6.45) is -0.606. The standard InChI is InChI=1S/C19H38N4O14P2/c1-14(24)22-16(10-32-3)12-36-38(28,29)34-7-5-20-18(26)9-19(27)21-6-8-35-39(30,31)37-13-17(11-33-4)23-15(2)25/h16-17H,5-13H2,1-4H3,(H,20,26)(H,21,27)(H,22,24)(H,23,25)(H,28,29)(H,30,31)/t16-,17-/m0/s1. The molecule has 228 valence electrons. The van der Waals surface area contributed by atoms with Gasteiger partial charge in [-0.1, -0.05) is 0 Å². The molecule has 0 spiro atoms. The maximum absolute atomic E-state index is 11.9. The van der Waals surface area contributed by atoms with Crippen LogP contribution in [0.25, 0.3) is 0 Å². The van der Waals surface area contributed by atoms with Crippen LogP contribution in [-0.4, -0.2) is 112 Å². The van der Waals surface area contributed by atoms with Gasteiger partial charge in [0.15, 0.2) is 0 Å². The smallest absolute Gasteiger partial charge is 0.382 e. The molecule has 39 heavy (non-hydrogen) atoms. The second kappa shape index (κ2) is 20.0. The number of carbonyl (C=O) groups excluding carboxylic acids is 4. The number of nitrogens with one attached hydrogen (secondary N) is 4. The van der Waals surface area contributed by atoms with Crippen LogP contribution in [0.4, 0.5) is 0 Å². The monoisotopic (exact) mass is 608 g/mol. The van der Waals surface area contributed by atoms with Gasteiger partial charge < -0.3 is 40.5 Å². The Morgan fingerprint density at radius 1 is 0.667 bits per heavy atom. The molecule has 18 nitrogen and oxygen atoms in total. The molecule has 0 radical (unpaired) electrons. The fourth-order valence-corrected chi connectivity index (χ4v) is 4.19. The SMILES string of the molecule is COC[C@@H](COP(=O)(O)OCCNC(=O)CC(=O)NCCOP(=O)(O)OC[C@H](COC)NC(C)=O)NC(C)=O. The topological polar surface area (TPSA) is 246 Å². The third kappa shape index (κ3) is 21.5. The molecule has 0 heterocycles. The van der Waals surface area contributed by atoms with Crippen LogP contribution in [0.1, 0.15) is 20.3 Å². The van der Waals surface area contributed by atoms with E-state index in [4.69, 9.17) is 27.6 Å². The van der Waals surface area contributed by atoms with Crippen LogP contribution in [-0.2, 0) is 55.9 Å². The molecule has 0 aliphatic rings. The molecule has 4 amide bonds. The van der Waals surface area contributed by atoms with E-state index in [9.17, 15) is 38.1 Å². The summed E-state index contributed by atoms with van der Waals surface area (Å²) in [6, 6.07) is -1.36. The van der Waals surface area contributed by atoms with Crippen molar-refractivity contribution in [3.63, 3.8) is 0 Å². The molecular formula is C19H38N4O14P2. The highest BCUT2D eigenvalue weighted by Crippen LogP contribution is 2.43. The molecule has 20 heteroatoms. The Morgan fingerprint density at radius 2 is 1.03 bits per heavy atom. The first-order chi connectivity index (χ1) is 18.2. The molecule has 0 aliphatic carbocycles. The minimum Gasteiger partial charge on any atom is -0.382 e. The highest BCUT2D eigenvalue weighted by Gasteiger charge is 2.25. The number of phosphoric acid groups is 2. The predicted octanol–water partition coefficient (Wildman–Crippen LogP) is -1.82. The van der Waals surface area contributed by atoms with E-state index in [2.05, 4.69) is 21.3 Å². The average Bonchev–Trinajstić information content (AvgIpc) is 2.81. The lowest BCUT2D eigenvalue weighted by atomic mass is 10.3. The molecule has 0 bridgehead atoms. The molecule has 0 aromatic rings. The Bertz CT molecular complexity index is 809. The Balaban J connectivity index is 4.16. The van der Waals surface area contributed by atoms with Crippen molar-refractivity contribution >= 4 is 39.3 Å². The number of methoxy groups -OCH3 is 2.